The summed E-state index contributed by atoms with van der Waals surface area (Å²) in [7, 11) is 0. The van der Waals surface area contributed by atoms with Crippen LogP contribution in [0.3, 0.4) is 0 Å². The number of hydrogen-bond donors (Lipinski definition) is 3. The van der Waals surface area contributed by atoms with Gasteiger partial charge in [0, 0.05) is 36.5 Å². The monoisotopic (exact) mass is 417 g/mol. The van der Waals surface area contributed by atoms with Gasteiger partial charge in [0.05, 0.1) is 11.9 Å². The second-order valence-corrected chi connectivity index (χ2v) is 7.45. The molecule has 0 aliphatic carbocycles. The Morgan fingerprint density at radius 2 is 1.94 bits per heavy atom. The van der Waals surface area contributed by atoms with Gasteiger partial charge in [-0.2, -0.15) is 19.6 Å². The molecule has 0 bridgehead atoms. The summed E-state index contributed by atoms with van der Waals surface area (Å²) < 4.78 is 1.74. The van der Waals surface area contributed by atoms with E-state index in [9.17, 15) is 5.11 Å². The minimum atomic E-state index is 0.0624. The summed E-state index contributed by atoms with van der Waals surface area (Å²) in [6.45, 7) is 4.79. The lowest BCUT2D eigenvalue weighted by Gasteiger charge is -2.14. The van der Waals surface area contributed by atoms with Crippen molar-refractivity contribution >= 4 is 17.5 Å². The molecule has 3 aromatic heterocycles. The molecule has 8 heteroatoms. The largest absolute Gasteiger partial charge is 0.396 e. The first-order chi connectivity index (χ1) is 15.2. The van der Waals surface area contributed by atoms with E-state index in [4.69, 9.17) is 0 Å². The van der Waals surface area contributed by atoms with Crippen LogP contribution in [0.4, 0.5) is 11.9 Å². The van der Waals surface area contributed by atoms with Gasteiger partial charge in [-0.05, 0) is 37.5 Å². The first kappa shape index (κ1) is 20.7. The van der Waals surface area contributed by atoms with E-state index in [0.717, 1.165) is 34.5 Å². The van der Waals surface area contributed by atoms with Gasteiger partial charge in [0.25, 0.3) is 0 Å². The Morgan fingerprint density at radius 1 is 1.10 bits per heavy atom. The molecule has 1 atom stereocenters. The van der Waals surface area contributed by atoms with E-state index < -0.39 is 0 Å². The molecule has 1 aromatic carbocycles. The summed E-state index contributed by atoms with van der Waals surface area (Å²) in [6, 6.07) is 14.3. The van der Waals surface area contributed by atoms with Gasteiger partial charge in [-0.1, -0.05) is 37.3 Å². The minimum Gasteiger partial charge on any atom is -0.396 e. The highest BCUT2D eigenvalue weighted by atomic mass is 16.3. The fraction of sp³-hybridized carbons (Fsp3) is 0.304. The molecule has 0 spiro atoms. The van der Waals surface area contributed by atoms with Gasteiger partial charge in [-0.25, -0.2) is 0 Å². The summed E-state index contributed by atoms with van der Waals surface area (Å²) in [6.07, 6.45) is 5.09. The van der Waals surface area contributed by atoms with E-state index in [1.807, 2.05) is 31.3 Å². The van der Waals surface area contributed by atoms with Crippen molar-refractivity contribution in [1.29, 1.82) is 0 Å². The molecule has 0 aliphatic rings. The SMILES string of the molecule is CCc1cnn2c(NCc3ccc(-c4ccccn4)cc3)nc(N[C@H](C)CCO)nc12. The third kappa shape index (κ3) is 4.80. The van der Waals surface area contributed by atoms with Crippen LogP contribution in [0.15, 0.2) is 54.9 Å². The van der Waals surface area contributed by atoms with Gasteiger partial charge in [0.2, 0.25) is 11.9 Å². The molecule has 0 saturated heterocycles. The molecule has 0 amide bonds. The number of nitrogens with one attached hydrogen (secondary N) is 2. The highest BCUT2D eigenvalue weighted by Gasteiger charge is 2.13. The van der Waals surface area contributed by atoms with Crippen molar-refractivity contribution in [2.45, 2.75) is 39.3 Å². The lowest BCUT2D eigenvalue weighted by Crippen LogP contribution is -2.20. The molecule has 8 nitrogen and oxygen atoms in total. The van der Waals surface area contributed by atoms with Crippen LogP contribution in [0.25, 0.3) is 16.9 Å². The Balaban J connectivity index is 1.55. The fourth-order valence-corrected chi connectivity index (χ4v) is 3.35. The molecule has 4 aromatic rings. The second-order valence-electron chi connectivity index (χ2n) is 7.45. The summed E-state index contributed by atoms with van der Waals surface area (Å²) in [4.78, 5) is 13.7. The third-order valence-electron chi connectivity index (χ3n) is 5.12. The number of benzene rings is 1. The lowest BCUT2D eigenvalue weighted by atomic mass is 10.1. The standard InChI is InChI=1S/C23H27N7O/c1-3-18-15-26-30-21(18)28-22(27-16(2)11-13-31)29-23(30)25-14-17-7-9-19(10-8-17)20-6-4-5-12-24-20/h4-10,12,15-16,31H,3,11,13-14H2,1-2H3,(H2,25,27,28,29)/t16-/m1/s1. The number of nitrogens with zero attached hydrogens (tertiary/aromatic N) is 5. The number of fused-ring (bicyclic) bond motifs is 1. The smallest absolute Gasteiger partial charge is 0.229 e. The van der Waals surface area contributed by atoms with Crippen LogP contribution in [0.5, 0.6) is 0 Å². The summed E-state index contributed by atoms with van der Waals surface area (Å²) in [5.41, 5.74) is 5.00. The van der Waals surface area contributed by atoms with Crippen molar-refractivity contribution in [3.8, 4) is 11.3 Å². The number of hydrogen-bond acceptors (Lipinski definition) is 7. The predicted molar refractivity (Wildman–Crippen MR) is 122 cm³/mol. The van der Waals surface area contributed by atoms with Crippen LogP contribution in [0.2, 0.25) is 0 Å². The van der Waals surface area contributed by atoms with Crippen molar-refractivity contribution < 1.29 is 5.11 Å². The Hall–Kier alpha value is -3.52. The molecule has 160 valence electrons. The predicted octanol–water partition coefficient (Wildman–Crippen LogP) is 3.54. The van der Waals surface area contributed by atoms with E-state index in [1.54, 1.807) is 10.7 Å². The zero-order valence-electron chi connectivity index (χ0n) is 17.8. The number of aliphatic hydroxyl groups is 1. The van der Waals surface area contributed by atoms with E-state index in [1.165, 1.54) is 0 Å². The first-order valence-corrected chi connectivity index (χ1v) is 10.5. The van der Waals surface area contributed by atoms with Crippen LogP contribution in [0.1, 0.15) is 31.4 Å². The molecule has 0 unspecified atom stereocenters. The van der Waals surface area contributed by atoms with Crippen LogP contribution < -0.4 is 10.6 Å². The van der Waals surface area contributed by atoms with E-state index >= 15 is 0 Å². The van der Waals surface area contributed by atoms with Gasteiger partial charge in [0.1, 0.15) is 0 Å². The molecule has 31 heavy (non-hydrogen) atoms. The maximum absolute atomic E-state index is 9.18. The zero-order valence-corrected chi connectivity index (χ0v) is 17.8. The molecular formula is C23H27N7O. The maximum Gasteiger partial charge on any atom is 0.229 e. The molecule has 0 aliphatic heterocycles. The van der Waals surface area contributed by atoms with Crippen molar-refractivity contribution in [3.63, 3.8) is 0 Å². The average molecular weight is 418 g/mol. The highest BCUT2D eigenvalue weighted by molar-refractivity contribution is 5.59. The Morgan fingerprint density at radius 3 is 2.65 bits per heavy atom. The van der Waals surface area contributed by atoms with E-state index in [-0.39, 0.29) is 12.6 Å². The van der Waals surface area contributed by atoms with Crippen molar-refractivity contribution in [2.75, 3.05) is 17.2 Å². The summed E-state index contributed by atoms with van der Waals surface area (Å²) in [5, 5.41) is 20.3. The molecule has 0 saturated carbocycles. The van der Waals surface area contributed by atoms with Gasteiger partial charge in [-0.15, -0.1) is 0 Å². The highest BCUT2D eigenvalue weighted by Crippen LogP contribution is 2.19. The van der Waals surface area contributed by atoms with Crippen LogP contribution >= 0.6 is 0 Å². The van der Waals surface area contributed by atoms with Crippen molar-refractivity contribution in [2.24, 2.45) is 0 Å². The van der Waals surface area contributed by atoms with Crippen LogP contribution in [0, 0.1) is 0 Å². The van der Waals surface area contributed by atoms with Gasteiger partial charge in [0.15, 0.2) is 5.65 Å². The molecular weight excluding hydrogens is 390 g/mol. The topological polar surface area (TPSA) is 100 Å². The number of aryl methyl sites for hydroxylation is 1. The van der Waals surface area contributed by atoms with Gasteiger partial charge < -0.3 is 15.7 Å². The van der Waals surface area contributed by atoms with Gasteiger partial charge in [-0.3, -0.25) is 4.98 Å². The molecule has 0 radical (unpaired) electrons. The molecule has 0 fully saturated rings. The van der Waals surface area contributed by atoms with Crippen LogP contribution in [-0.4, -0.2) is 42.3 Å². The summed E-state index contributed by atoms with van der Waals surface area (Å²) in [5.74, 6) is 1.15. The van der Waals surface area contributed by atoms with E-state index in [0.29, 0.717) is 24.9 Å². The Labute approximate surface area is 181 Å². The minimum absolute atomic E-state index is 0.0624. The van der Waals surface area contributed by atoms with Gasteiger partial charge >= 0.3 is 0 Å². The third-order valence-corrected chi connectivity index (χ3v) is 5.12. The van der Waals surface area contributed by atoms with E-state index in [2.05, 4.69) is 61.9 Å². The maximum atomic E-state index is 9.18. The second kappa shape index (κ2) is 9.53. The lowest BCUT2D eigenvalue weighted by molar-refractivity contribution is 0.282. The van der Waals surface area contributed by atoms with Crippen LogP contribution in [-0.2, 0) is 13.0 Å². The molecule has 3 heterocycles. The number of anilines is 2. The number of aromatic nitrogens is 5. The van der Waals surface area contributed by atoms with Crippen molar-refractivity contribution in [1.82, 2.24) is 24.6 Å². The average Bonchev–Trinajstić information content (AvgIpc) is 3.22. The molecule has 3 N–H and O–H groups in total. The fourth-order valence-electron chi connectivity index (χ4n) is 3.35. The quantitative estimate of drug-likeness (QED) is 0.383. The Bertz CT molecular complexity index is 1130. The normalized spacial score (nSPS) is 12.1. The Kier molecular flexibility index (Phi) is 6.37. The number of aliphatic hydroxyl groups excluding tert-OH is 1. The zero-order chi connectivity index (χ0) is 21.6. The van der Waals surface area contributed by atoms with Crippen molar-refractivity contribution in [3.05, 3.63) is 66.0 Å². The number of pyridine rings is 1. The first-order valence-electron chi connectivity index (χ1n) is 10.5. The number of rotatable bonds is 9. The summed E-state index contributed by atoms with van der Waals surface area (Å²) >= 11 is 0. The molecule has 4 rings (SSSR count).